The predicted molar refractivity (Wildman–Crippen MR) is 60.7 cm³/mol. The second kappa shape index (κ2) is 2.79. The SMILES string of the molecule is CC1(C)CC1c1nc2ccc(F)cc2s1. The molecule has 0 aliphatic heterocycles. The number of fused-ring (bicyclic) bond motifs is 1. The zero-order valence-electron chi connectivity index (χ0n) is 8.75. The third kappa shape index (κ3) is 1.46. The van der Waals surface area contributed by atoms with E-state index in [4.69, 9.17) is 0 Å². The van der Waals surface area contributed by atoms with Crippen LogP contribution in [0, 0.1) is 11.2 Å². The Balaban J connectivity index is 2.08. The van der Waals surface area contributed by atoms with Crippen LogP contribution < -0.4 is 0 Å². The van der Waals surface area contributed by atoms with Crippen LogP contribution >= 0.6 is 11.3 Å². The molecule has 0 saturated heterocycles. The van der Waals surface area contributed by atoms with Gasteiger partial charge in [0.25, 0.3) is 0 Å². The van der Waals surface area contributed by atoms with Crippen LogP contribution in [0.5, 0.6) is 0 Å². The van der Waals surface area contributed by atoms with Gasteiger partial charge in [0.1, 0.15) is 5.82 Å². The van der Waals surface area contributed by atoms with Gasteiger partial charge in [0.15, 0.2) is 0 Å². The number of benzene rings is 1. The van der Waals surface area contributed by atoms with Crippen molar-refractivity contribution in [2.24, 2.45) is 5.41 Å². The van der Waals surface area contributed by atoms with Gasteiger partial charge < -0.3 is 0 Å². The van der Waals surface area contributed by atoms with Gasteiger partial charge >= 0.3 is 0 Å². The fourth-order valence-electron chi connectivity index (χ4n) is 1.95. The maximum absolute atomic E-state index is 13.0. The number of hydrogen-bond acceptors (Lipinski definition) is 2. The number of rotatable bonds is 1. The number of nitrogens with zero attached hydrogens (tertiary/aromatic N) is 1. The van der Waals surface area contributed by atoms with Crippen molar-refractivity contribution >= 4 is 21.6 Å². The molecule has 3 heteroatoms. The van der Waals surface area contributed by atoms with Gasteiger partial charge in [0.05, 0.1) is 15.2 Å². The Hall–Kier alpha value is -0.960. The Labute approximate surface area is 92.0 Å². The van der Waals surface area contributed by atoms with Gasteiger partial charge in [0.2, 0.25) is 0 Å². The highest BCUT2D eigenvalue weighted by atomic mass is 32.1. The maximum Gasteiger partial charge on any atom is 0.124 e. The van der Waals surface area contributed by atoms with Gasteiger partial charge in [-0.25, -0.2) is 9.37 Å². The van der Waals surface area contributed by atoms with Crippen LogP contribution in [0.1, 0.15) is 31.2 Å². The molecular formula is C12H12FNS. The molecule has 1 saturated carbocycles. The number of hydrogen-bond donors (Lipinski definition) is 0. The normalized spacial score (nSPS) is 23.3. The molecule has 3 rings (SSSR count). The summed E-state index contributed by atoms with van der Waals surface area (Å²) in [7, 11) is 0. The van der Waals surface area contributed by atoms with E-state index in [-0.39, 0.29) is 5.82 Å². The monoisotopic (exact) mass is 221 g/mol. The molecule has 1 atom stereocenters. The van der Waals surface area contributed by atoms with Crippen molar-refractivity contribution in [3.8, 4) is 0 Å². The fourth-order valence-corrected chi connectivity index (χ4v) is 3.26. The van der Waals surface area contributed by atoms with Crippen LogP contribution in [-0.4, -0.2) is 4.98 Å². The standard InChI is InChI=1S/C12H12FNS/c1-12(2)6-8(12)11-14-9-4-3-7(13)5-10(9)15-11/h3-5,8H,6H2,1-2H3. The molecule has 0 amide bonds. The number of thiazole rings is 1. The van der Waals surface area contributed by atoms with Crippen molar-refractivity contribution in [3.05, 3.63) is 29.0 Å². The molecule has 1 aromatic carbocycles. The Kier molecular flexibility index (Phi) is 1.72. The summed E-state index contributed by atoms with van der Waals surface area (Å²) < 4.78 is 14.0. The molecule has 1 heterocycles. The number of halogens is 1. The molecule has 1 nitrogen and oxygen atoms in total. The van der Waals surface area contributed by atoms with E-state index in [1.807, 2.05) is 0 Å². The van der Waals surface area contributed by atoms with Gasteiger partial charge in [-0.05, 0) is 30.0 Å². The molecule has 0 N–H and O–H groups in total. The summed E-state index contributed by atoms with van der Waals surface area (Å²) in [4.78, 5) is 4.56. The third-order valence-corrected chi connectivity index (χ3v) is 4.31. The first kappa shape index (κ1) is 9.28. The molecule has 2 aromatic rings. The lowest BCUT2D eigenvalue weighted by atomic mass is 10.1. The van der Waals surface area contributed by atoms with Gasteiger partial charge in [-0.3, -0.25) is 0 Å². The largest absolute Gasteiger partial charge is 0.241 e. The number of aromatic nitrogens is 1. The second-order valence-electron chi connectivity index (χ2n) is 4.91. The topological polar surface area (TPSA) is 12.9 Å². The minimum atomic E-state index is -0.173. The molecular weight excluding hydrogens is 209 g/mol. The van der Waals surface area contributed by atoms with Crippen LogP contribution in [0.2, 0.25) is 0 Å². The Bertz CT molecular complexity index is 529. The molecule has 1 aromatic heterocycles. The lowest BCUT2D eigenvalue weighted by Gasteiger charge is -1.97. The second-order valence-corrected chi connectivity index (χ2v) is 5.97. The van der Waals surface area contributed by atoms with Crippen molar-refractivity contribution < 1.29 is 4.39 Å². The van der Waals surface area contributed by atoms with E-state index in [2.05, 4.69) is 18.8 Å². The first-order valence-electron chi connectivity index (χ1n) is 5.12. The van der Waals surface area contributed by atoms with Gasteiger partial charge in [0, 0.05) is 5.92 Å². The van der Waals surface area contributed by atoms with Crippen LogP contribution in [0.15, 0.2) is 18.2 Å². The van der Waals surface area contributed by atoms with Crippen molar-refractivity contribution in [2.75, 3.05) is 0 Å². The quantitative estimate of drug-likeness (QED) is 0.710. The Morgan fingerprint density at radius 3 is 2.87 bits per heavy atom. The average molecular weight is 221 g/mol. The van der Waals surface area contributed by atoms with E-state index in [0.717, 1.165) is 10.2 Å². The lowest BCUT2D eigenvalue weighted by molar-refractivity contribution is 0.621. The molecule has 0 radical (unpaired) electrons. The van der Waals surface area contributed by atoms with Crippen molar-refractivity contribution in [2.45, 2.75) is 26.2 Å². The molecule has 78 valence electrons. The van der Waals surface area contributed by atoms with Crippen molar-refractivity contribution in [3.63, 3.8) is 0 Å². The summed E-state index contributed by atoms with van der Waals surface area (Å²) in [5.41, 5.74) is 1.32. The van der Waals surface area contributed by atoms with E-state index in [1.54, 1.807) is 23.5 Å². The summed E-state index contributed by atoms with van der Waals surface area (Å²) in [5.74, 6) is 0.408. The van der Waals surface area contributed by atoms with E-state index >= 15 is 0 Å². The minimum Gasteiger partial charge on any atom is -0.241 e. The fraction of sp³-hybridized carbons (Fsp3) is 0.417. The molecule has 15 heavy (non-hydrogen) atoms. The molecule has 1 fully saturated rings. The predicted octanol–water partition coefficient (Wildman–Crippen LogP) is 3.95. The van der Waals surface area contributed by atoms with Crippen LogP contribution in [0.4, 0.5) is 4.39 Å². The minimum absolute atomic E-state index is 0.173. The summed E-state index contributed by atoms with van der Waals surface area (Å²) >= 11 is 1.63. The maximum atomic E-state index is 13.0. The molecule has 0 spiro atoms. The van der Waals surface area contributed by atoms with Crippen molar-refractivity contribution in [1.82, 2.24) is 4.98 Å². The van der Waals surface area contributed by atoms with Crippen LogP contribution in [0.3, 0.4) is 0 Å². The van der Waals surface area contributed by atoms with Crippen LogP contribution in [0.25, 0.3) is 10.2 Å². The summed E-state index contributed by atoms with van der Waals surface area (Å²) in [6.07, 6.45) is 1.20. The summed E-state index contributed by atoms with van der Waals surface area (Å²) in [6.45, 7) is 4.51. The first-order chi connectivity index (χ1) is 7.06. The van der Waals surface area contributed by atoms with E-state index in [1.165, 1.54) is 17.5 Å². The van der Waals surface area contributed by atoms with Crippen LogP contribution in [-0.2, 0) is 0 Å². The Morgan fingerprint density at radius 2 is 2.20 bits per heavy atom. The molecule has 1 unspecified atom stereocenters. The highest BCUT2D eigenvalue weighted by Gasteiger charge is 2.48. The summed E-state index contributed by atoms with van der Waals surface area (Å²) in [6, 6.07) is 4.82. The molecule has 0 bridgehead atoms. The summed E-state index contributed by atoms with van der Waals surface area (Å²) in [5, 5.41) is 1.17. The van der Waals surface area contributed by atoms with Gasteiger partial charge in [-0.15, -0.1) is 11.3 Å². The highest BCUT2D eigenvalue weighted by Crippen LogP contribution is 2.59. The first-order valence-corrected chi connectivity index (χ1v) is 5.94. The van der Waals surface area contributed by atoms with E-state index < -0.39 is 0 Å². The molecule has 1 aliphatic rings. The smallest absolute Gasteiger partial charge is 0.124 e. The third-order valence-electron chi connectivity index (χ3n) is 3.18. The lowest BCUT2D eigenvalue weighted by Crippen LogP contribution is -1.88. The zero-order valence-corrected chi connectivity index (χ0v) is 9.57. The van der Waals surface area contributed by atoms with Crippen molar-refractivity contribution in [1.29, 1.82) is 0 Å². The molecule has 1 aliphatic carbocycles. The Morgan fingerprint density at radius 1 is 1.47 bits per heavy atom. The van der Waals surface area contributed by atoms with Gasteiger partial charge in [-0.1, -0.05) is 13.8 Å². The van der Waals surface area contributed by atoms with E-state index in [9.17, 15) is 4.39 Å². The zero-order chi connectivity index (χ0) is 10.6. The van der Waals surface area contributed by atoms with Gasteiger partial charge in [-0.2, -0.15) is 0 Å². The van der Waals surface area contributed by atoms with E-state index in [0.29, 0.717) is 11.3 Å². The average Bonchev–Trinajstić information content (AvgIpc) is 2.63. The highest BCUT2D eigenvalue weighted by molar-refractivity contribution is 7.18.